The molecule has 2 aliphatic heterocycles. The van der Waals surface area contributed by atoms with E-state index in [1.807, 2.05) is 26.2 Å². The number of epoxide rings is 2. The van der Waals surface area contributed by atoms with Crippen LogP contribution in [-0.4, -0.2) is 167 Å². The summed E-state index contributed by atoms with van der Waals surface area (Å²) in [5.74, 6) is 0. The summed E-state index contributed by atoms with van der Waals surface area (Å²) in [6.45, 7) is 38.4. The Hall–Kier alpha value is 1.65. The van der Waals surface area contributed by atoms with Crippen molar-refractivity contribution in [2.75, 3.05) is 52.1 Å². The molecule has 0 saturated carbocycles. The highest BCUT2D eigenvalue weighted by Gasteiger charge is 2.47. The van der Waals surface area contributed by atoms with Crippen molar-refractivity contribution in [1.29, 1.82) is 0 Å². The van der Waals surface area contributed by atoms with Crippen LogP contribution in [0.4, 0.5) is 0 Å². The molecule has 0 aromatic rings. The molecule has 2 rings (SSSR count). The minimum absolute atomic E-state index is 0.234. The van der Waals surface area contributed by atoms with Gasteiger partial charge in [0.1, 0.15) is 12.2 Å². The largest absolute Gasteiger partial charge is 0.456 e. The van der Waals surface area contributed by atoms with Gasteiger partial charge < -0.3 is 59.3 Å². The molecule has 2 fully saturated rings. The third kappa shape index (κ3) is 28.3. The minimum Gasteiger partial charge on any atom is -0.456 e. The van der Waals surface area contributed by atoms with Gasteiger partial charge in [0, 0.05) is 18.9 Å². The van der Waals surface area contributed by atoms with E-state index in [0.717, 1.165) is 56.8 Å². The molecule has 2 saturated heterocycles. The van der Waals surface area contributed by atoms with Gasteiger partial charge in [-0.1, -0.05) is 0 Å². The van der Waals surface area contributed by atoms with Gasteiger partial charge in [0.25, 0.3) is 0 Å². The van der Waals surface area contributed by atoms with E-state index in [0.29, 0.717) is 61.8 Å². The first-order chi connectivity index (χ1) is 26.5. The second-order valence-electron chi connectivity index (χ2n) is 22.4. The average molecular weight is 1010 g/mol. The van der Waals surface area contributed by atoms with E-state index >= 15 is 0 Å². The van der Waals surface area contributed by atoms with Crippen LogP contribution >= 0.6 is 0 Å². The second kappa shape index (κ2) is 22.9. The van der Waals surface area contributed by atoms with Gasteiger partial charge in [0.15, 0.2) is 58.2 Å². The molecule has 0 spiro atoms. The molecular formula is C36H90O13Si10. The van der Waals surface area contributed by atoms with Crippen LogP contribution < -0.4 is 0 Å². The summed E-state index contributed by atoms with van der Waals surface area (Å²) < 4.78 is 55.1. The van der Waals surface area contributed by atoms with E-state index in [2.05, 4.69) is 78.6 Å². The van der Waals surface area contributed by atoms with Gasteiger partial charge in [-0.3, -0.25) is 0 Å². The van der Waals surface area contributed by atoms with Crippen molar-refractivity contribution in [1.82, 2.24) is 0 Å². The average Bonchev–Trinajstić information content (AvgIpc) is 3.95. The molecule has 6 unspecified atom stereocenters. The summed E-state index contributed by atoms with van der Waals surface area (Å²) in [4.78, 5) is 45.9. The van der Waals surface area contributed by atoms with Crippen LogP contribution in [-0.2, 0) is 40.1 Å². The lowest BCUT2D eigenvalue weighted by atomic mass is 10.5. The molecule has 23 heteroatoms. The van der Waals surface area contributed by atoms with Crippen LogP contribution in [0.1, 0.15) is 12.8 Å². The molecule has 2 aliphatic rings. The van der Waals surface area contributed by atoms with Crippen LogP contribution in [0.5, 0.6) is 0 Å². The highest BCUT2D eigenvalue weighted by Crippen LogP contribution is 2.33. The van der Waals surface area contributed by atoms with Gasteiger partial charge >= 0.3 is 17.1 Å². The van der Waals surface area contributed by atoms with E-state index in [1.54, 1.807) is 0 Å². The molecule has 6 atom stereocenters. The summed E-state index contributed by atoms with van der Waals surface area (Å²) in [6.07, 6.45) is 3.51. The molecule has 0 amide bonds. The summed E-state index contributed by atoms with van der Waals surface area (Å²) in [6, 6.07) is 4.97. The quantitative estimate of drug-likeness (QED) is 0.0288. The predicted octanol–water partition coefficient (Wildman–Crippen LogP) is 7.33. The Labute approximate surface area is 370 Å². The molecule has 0 aliphatic carbocycles. The standard InChI is InChI=1S/C36H90O13Si10/c1-50(2,21-17-19-41-27-35-29-43-35)45-31-54(9,10)46-32-55(11,12)49-58(15,39)26-25-52(5,6)47-51(3,4)23-24-53(7,8)48-59(16,40)34-57(14,38)33-56(13,37)22-18-20-42-28-36-30-44-36/h35-40H,17-34H2,1-16H3. The third-order valence-corrected chi connectivity index (χ3v) is 48.4. The Morgan fingerprint density at radius 2 is 0.831 bits per heavy atom. The normalized spacial score (nSPS) is 22.4. The topological polar surface area (TPSA) is 171 Å². The lowest BCUT2D eigenvalue weighted by molar-refractivity contribution is 0.116. The van der Waals surface area contributed by atoms with Crippen LogP contribution in [0.25, 0.3) is 0 Å². The first-order valence-electron chi connectivity index (χ1n) is 22.2. The van der Waals surface area contributed by atoms with Crippen molar-refractivity contribution in [2.45, 2.75) is 177 Å². The number of hydrogen-bond donors (Lipinski definition) is 4. The zero-order chi connectivity index (χ0) is 45.2. The Kier molecular flexibility index (Phi) is 22.0. The predicted molar refractivity (Wildman–Crippen MR) is 264 cm³/mol. The van der Waals surface area contributed by atoms with E-state index in [-0.39, 0.29) is 6.10 Å². The fourth-order valence-electron chi connectivity index (χ4n) is 7.79. The lowest BCUT2D eigenvalue weighted by Crippen LogP contribution is -2.55. The smallest absolute Gasteiger partial charge is 0.321 e. The van der Waals surface area contributed by atoms with Gasteiger partial charge in [-0.15, -0.1) is 0 Å². The van der Waals surface area contributed by atoms with E-state index in [9.17, 15) is 19.2 Å². The van der Waals surface area contributed by atoms with Crippen molar-refractivity contribution in [3.05, 3.63) is 0 Å². The maximum Gasteiger partial charge on any atom is 0.321 e. The van der Waals surface area contributed by atoms with E-state index < -0.39 is 83.7 Å². The van der Waals surface area contributed by atoms with Crippen LogP contribution in [0, 0.1) is 0 Å². The van der Waals surface area contributed by atoms with Crippen molar-refractivity contribution in [3.8, 4) is 0 Å². The van der Waals surface area contributed by atoms with E-state index in [1.165, 1.54) is 0 Å². The number of rotatable bonds is 34. The number of ether oxygens (including phenoxy) is 4. The van der Waals surface area contributed by atoms with Crippen molar-refractivity contribution in [2.24, 2.45) is 0 Å². The Morgan fingerprint density at radius 3 is 1.32 bits per heavy atom. The summed E-state index contributed by atoms with van der Waals surface area (Å²) >= 11 is 0. The first kappa shape index (κ1) is 56.8. The third-order valence-electron chi connectivity index (χ3n) is 10.6. The molecule has 352 valence electrons. The van der Waals surface area contributed by atoms with Gasteiger partial charge in [0.05, 0.1) is 38.9 Å². The molecule has 0 bridgehead atoms. The zero-order valence-corrected chi connectivity index (χ0v) is 50.3. The van der Waals surface area contributed by atoms with Crippen molar-refractivity contribution in [3.63, 3.8) is 0 Å². The molecule has 4 N–H and O–H groups in total. The van der Waals surface area contributed by atoms with Crippen LogP contribution in [0.2, 0.25) is 152 Å². The van der Waals surface area contributed by atoms with Crippen LogP contribution in [0.3, 0.4) is 0 Å². The number of hydrogen-bond acceptors (Lipinski definition) is 13. The Balaban J connectivity index is 1.78. The Bertz CT molecular complexity index is 1250. The molecular weight excluding hydrogens is 921 g/mol. The van der Waals surface area contributed by atoms with Crippen molar-refractivity contribution < 1.29 is 59.3 Å². The lowest BCUT2D eigenvalue weighted by Gasteiger charge is -2.40. The van der Waals surface area contributed by atoms with Gasteiger partial charge in [0.2, 0.25) is 8.32 Å². The van der Waals surface area contributed by atoms with Gasteiger partial charge in [-0.25, -0.2) is 0 Å². The minimum atomic E-state index is -3.18. The van der Waals surface area contributed by atoms with Gasteiger partial charge in [-0.2, -0.15) is 0 Å². The summed E-state index contributed by atoms with van der Waals surface area (Å²) in [7, 11) is -24.5. The highest BCUT2D eigenvalue weighted by molar-refractivity contribution is 6.97. The molecule has 59 heavy (non-hydrogen) atoms. The first-order valence-corrected chi connectivity index (χ1v) is 51.7. The molecule has 13 nitrogen and oxygen atoms in total. The monoisotopic (exact) mass is 1010 g/mol. The van der Waals surface area contributed by atoms with Gasteiger partial charge in [-0.05, 0) is 160 Å². The van der Waals surface area contributed by atoms with Crippen molar-refractivity contribution >= 4 is 83.7 Å². The molecule has 0 radical (unpaired) electrons. The molecule has 0 aromatic carbocycles. The highest BCUT2D eigenvalue weighted by atomic mass is 28.5. The molecule has 2 heterocycles. The SMILES string of the molecule is C[Si](O)(CCCOCC1CO1)C[Si](C)(O)C[Si](C)(O)O[Si](C)(C)CC[Si](C)(C)O[Si](C)(C)CC[Si](C)(O)O[Si](C)(C)CO[Si](C)(C)CO[Si](C)(C)CCCOCC1CO1. The summed E-state index contributed by atoms with van der Waals surface area (Å²) in [5, 5.41) is 0. The second-order valence-corrected chi connectivity index (χ2v) is 63.6. The Morgan fingerprint density at radius 1 is 0.424 bits per heavy atom. The zero-order valence-electron chi connectivity index (χ0n) is 40.3. The molecule has 0 aromatic heterocycles. The summed E-state index contributed by atoms with van der Waals surface area (Å²) in [5.41, 5.74) is 0.720. The maximum atomic E-state index is 11.6. The maximum absolute atomic E-state index is 11.6. The van der Waals surface area contributed by atoms with Crippen LogP contribution in [0.15, 0.2) is 0 Å². The fourth-order valence-corrected chi connectivity index (χ4v) is 57.8. The van der Waals surface area contributed by atoms with E-state index in [4.69, 9.17) is 40.1 Å². The fraction of sp³-hybridized carbons (Fsp3) is 1.00.